The fourth-order valence-electron chi connectivity index (χ4n) is 1.86. The summed E-state index contributed by atoms with van der Waals surface area (Å²) in [6.45, 7) is -2.16. The molecule has 0 atom stereocenters. The molecule has 0 bridgehead atoms. The first-order valence-corrected chi connectivity index (χ1v) is 7.61. The van der Waals surface area contributed by atoms with Gasteiger partial charge in [-0.25, -0.2) is 21.9 Å². The second kappa shape index (κ2) is 6.48. The average molecular weight is 370 g/mol. The lowest BCUT2D eigenvalue weighted by Crippen LogP contribution is -2.41. The molecule has 1 heterocycles. The molecule has 2 rings (SSSR count). The molecule has 3 N–H and O–H groups in total. The van der Waals surface area contributed by atoms with E-state index in [0.717, 1.165) is 17.0 Å². The summed E-state index contributed by atoms with van der Waals surface area (Å²) >= 11 is 0. The lowest BCUT2D eigenvalue weighted by molar-refractivity contribution is 0.0170. The largest absolute Gasteiger partial charge is 0.325 e. The van der Waals surface area contributed by atoms with Gasteiger partial charge in [-0.15, -0.1) is 12.4 Å². The number of carbonyl (C=O) groups excluding carboxylic acids is 2. The zero-order valence-corrected chi connectivity index (χ0v) is 13.5. The van der Waals surface area contributed by atoms with Crippen LogP contribution in [0.25, 0.3) is 0 Å². The third-order valence-electron chi connectivity index (χ3n) is 3.19. The maximum Gasteiger partial charge on any atom is 0.273 e. The minimum absolute atomic E-state index is 0. The molecule has 0 aliphatic carbocycles. The van der Waals surface area contributed by atoms with Crippen molar-refractivity contribution in [2.45, 2.75) is 10.8 Å². The van der Waals surface area contributed by atoms with Crippen LogP contribution in [0.5, 0.6) is 0 Å². The highest BCUT2D eigenvalue weighted by molar-refractivity contribution is 7.89. The number of sulfonamides is 1. The minimum atomic E-state index is -4.25. The van der Waals surface area contributed by atoms with E-state index in [0.29, 0.717) is 0 Å². The van der Waals surface area contributed by atoms with Crippen LogP contribution in [0.1, 0.15) is 20.7 Å². The maximum absolute atomic E-state index is 13.0. The lowest BCUT2D eigenvalue weighted by Gasteiger charge is -2.14. The van der Waals surface area contributed by atoms with Crippen molar-refractivity contribution >= 4 is 34.2 Å². The summed E-state index contributed by atoms with van der Waals surface area (Å²) in [5.74, 6) is -4.58. The summed E-state index contributed by atoms with van der Waals surface area (Å²) in [4.78, 5) is 24.0. The third kappa shape index (κ3) is 3.66. The van der Waals surface area contributed by atoms with Crippen LogP contribution in [-0.4, -0.2) is 51.2 Å². The average Bonchev–Trinajstić information content (AvgIpc) is 2.70. The molecule has 0 fully saturated rings. The van der Waals surface area contributed by atoms with Gasteiger partial charge in [0.15, 0.2) is 0 Å². The van der Waals surface area contributed by atoms with Gasteiger partial charge in [0.05, 0.1) is 29.1 Å². The molecule has 0 saturated carbocycles. The summed E-state index contributed by atoms with van der Waals surface area (Å²) in [6, 6.07) is 3.24. The van der Waals surface area contributed by atoms with Gasteiger partial charge < -0.3 is 5.73 Å². The number of halogens is 3. The van der Waals surface area contributed by atoms with Crippen molar-refractivity contribution in [3.05, 3.63) is 29.3 Å². The van der Waals surface area contributed by atoms with Gasteiger partial charge in [0.1, 0.15) is 0 Å². The van der Waals surface area contributed by atoms with Crippen LogP contribution in [0.3, 0.4) is 0 Å². The van der Waals surface area contributed by atoms with Crippen LogP contribution in [-0.2, 0) is 10.0 Å². The first kappa shape index (κ1) is 19.4. The quantitative estimate of drug-likeness (QED) is 0.721. The second-order valence-electron chi connectivity index (χ2n) is 4.76. The molecule has 1 aliphatic rings. The van der Waals surface area contributed by atoms with E-state index in [1.807, 2.05) is 0 Å². The number of hydrogen-bond acceptors (Lipinski definition) is 5. The van der Waals surface area contributed by atoms with Gasteiger partial charge in [-0.2, -0.15) is 0 Å². The highest BCUT2D eigenvalue weighted by atomic mass is 35.5. The fourth-order valence-corrected chi connectivity index (χ4v) is 2.95. The Labute approximate surface area is 137 Å². The number of hydrogen-bond donors (Lipinski definition) is 2. The number of fused-ring (bicyclic) bond motifs is 1. The topological polar surface area (TPSA) is 110 Å². The van der Waals surface area contributed by atoms with Crippen LogP contribution >= 0.6 is 12.4 Å². The van der Waals surface area contributed by atoms with Crippen LogP contribution in [0.4, 0.5) is 8.78 Å². The van der Waals surface area contributed by atoms with Crippen molar-refractivity contribution in [3.8, 4) is 0 Å². The molecular formula is C12H14ClF2N3O4S. The zero-order chi connectivity index (χ0) is 16.7. The molecule has 7 nitrogen and oxygen atoms in total. The Bertz CT molecular complexity index is 755. The number of benzene rings is 1. The predicted octanol–water partition coefficient (Wildman–Crippen LogP) is 0.207. The van der Waals surface area contributed by atoms with E-state index < -0.39 is 40.8 Å². The number of carbonyl (C=O) groups is 2. The fraction of sp³-hybridized carbons (Fsp3) is 0.333. The zero-order valence-electron chi connectivity index (χ0n) is 11.9. The highest BCUT2D eigenvalue weighted by Crippen LogP contribution is 2.24. The Morgan fingerprint density at radius 2 is 1.78 bits per heavy atom. The Balaban J connectivity index is 0.00000264. The lowest BCUT2D eigenvalue weighted by atomic mass is 10.1. The van der Waals surface area contributed by atoms with E-state index in [2.05, 4.69) is 0 Å². The molecule has 0 radical (unpaired) electrons. The standard InChI is InChI=1S/C12H13F2N3O4S.ClH/c1-17-10(18)8-3-2-7(4-9(8)11(17)19)22(20,21)16-6-12(13,14)5-15;/h2-4,16H,5-6,15H2,1H3;1H. The summed E-state index contributed by atoms with van der Waals surface area (Å²) in [7, 11) is -2.99. The van der Waals surface area contributed by atoms with E-state index in [1.165, 1.54) is 13.1 Å². The summed E-state index contributed by atoms with van der Waals surface area (Å²) in [5, 5.41) is 0. The minimum Gasteiger partial charge on any atom is -0.325 e. The number of amides is 2. The Morgan fingerprint density at radius 3 is 2.35 bits per heavy atom. The summed E-state index contributed by atoms with van der Waals surface area (Å²) in [6.07, 6.45) is 0. The SMILES string of the molecule is CN1C(=O)c2ccc(S(=O)(=O)NCC(F)(F)CN)cc2C1=O.Cl. The molecule has 1 aliphatic heterocycles. The number of nitrogens with two attached hydrogens (primary N) is 1. The number of nitrogens with one attached hydrogen (secondary N) is 1. The highest BCUT2D eigenvalue weighted by Gasteiger charge is 2.34. The van der Waals surface area contributed by atoms with Gasteiger partial charge in [-0.3, -0.25) is 14.5 Å². The normalized spacial score (nSPS) is 14.7. The van der Waals surface area contributed by atoms with Gasteiger partial charge >= 0.3 is 0 Å². The number of imide groups is 1. The van der Waals surface area contributed by atoms with E-state index in [9.17, 15) is 26.8 Å². The first-order valence-electron chi connectivity index (χ1n) is 6.13. The van der Waals surface area contributed by atoms with Crippen LogP contribution in [0.2, 0.25) is 0 Å². The van der Waals surface area contributed by atoms with Crippen molar-refractivity contribution in [1.29, 1.82) is 0 Å². The smallest absolute Gasteiger partial charge is 0.273 e. The monoisotopic (exact) mass is 369 g/mol. The van der Waals surface area contributed by atoms with E-state index in [4.69, 9.17) is 5.73 Å². The Morgan fingerprint density at radius 1 is 1.22 bits per heavy atom. The van der Waals surface area contributed by atoms with Crippen molar-refractivity contribution in [3.63, 3.8) is 0 Å². The second-order valence-corrected chi connectivity index (χ2v) is 6.53. The van der Waals surface area contributed by atoms with Crippen molar-refractivity contribution < 1.29 is 26.8 Å². The molecular weight excluding hydrogens is 356 g/mol. The molecule has 23 heavy (non-hydrogen) atoms. The summed E-state index contributed by atoms with van der Waals surface area (Å²) < 4.78 is 51.7. The molecule has 0 unspecified atom stereocenters. The van der Waals surface area contributed by atoms with E-state index in [-0.39, 0.29) is 28.4 Å². The van der Waals surface area contributed by atoms with E-state index in [1.54, 1.807) is 4.72 Å². The number of rotatable bonds is 5. The van der Waals surface area contributed by atoms with Crippen molar-refractivity contribution in [2.75, 3.05) is 20.1 Å². The predicted molar refractivity (Wildman–Crippen MR) is 79.3 cm³/mol. The van der Waals surface area contributed by atoms with Crippen LogP contribution in [0.15, 0.2) is 23.1 Å². The Kier molecular flexibility index (Phi) is 5.47. The molecule has 0 aromatic heterocycles. The summed E-state index contributed by atoms with van der Waals surface area (Å²) in [5.41, 5.74) is 4.81. The first-order chi connectivity index (χ1) is 10.1. The Hall–Kier alpha value is -1.62. The molecule has 128 valence electrons. The number of alkyl halides is 2. The maximum atomic E-state index is 13.0. The third-order valence-corrected chi connectivity index (χ3v) is 4.59. The van der Waals surface area contributed by atoms with Crippen LogP contribution < -0.4 is 10.5 Å². The van der Waals surface area contributed by atoms with E-state index >= 15 is 0 Å². The molecule has 2 amide bonds. The molecule has 11 heteroatoms. The molecule has 0 saturated heterocycles. The molecule has 1 aromatic carbocycles. The van der Waals surface area contributed by atoms with Crippen LogP contribution in [0, 0.1) is 0 Å². The molecule has 0 spiro atoms. The molecule has 1 aromatic rings. The van der Waals surface area contributed by atoms with Gasteiger partial charge in [-0.1, -0.05) is 0 Å². The van der Waals surface area contributed by atoms with Gasteiger partial charge in [0.2, 0.25) is 10.0 Å². The number of nitrogens with zero attached hydrogens (tertiary/aromatic N) is 1. The van der Waals surface area contributed by atoms with Gasteiger partial charge in [-0.05, 0) is 18.2 Å². The van der Waals surface area contributed by atoms with Gasteiger partial charge in [0.25, 0.3) is 17.7 Å². The van der Waals surface area contributed by atoms with Gasteiger partial charge in [0, 0.05) is 7.05 Å². The van der Waals surface area contributed by atoms with Crippen molar-refractivity contribution in [2.24, 2.45) is 5.73 Å². The van der Waals surface area contributed by atoms with Crippen molar-refractivity contribution in [1.82, 2.24) is 9.62 Å².